The summed E-state index contributed by atoms with van der Waals surface area (Å²) in [5.74, 6) is 1.47. The Bertz CT molecular complexity index is 510. The first kappa shape index (κ1) is 21.5. The summed E-state index contributed by atoms with van der Waals surface area (Å²) < 4.78 is 11.0. The topological polar surface area (TPSA) is 38.8 Å². The summed E-state index contributed by atoms with van der Waals surface area (Å²) in [7, 11) is 1.67. The fourth-order valence-corrected chi connectivity index (χ4v) is 3.33. The zero-order chi connectivity index (χ0) is 18.9. The highest BCUT2D eigenvalue weighted by molar-refractivity contribution is 5.75. The molecule has 0 N–H and O–H groups in total. The maximum atomic E-state index is 12.3. The molecule has 0 aliphatic rings. The Balaban J connectivity index is 2.62. The van der Waals surface area contributed by atoms with Gasteiger partial charge in [0.05, 0.1) is 12.7 Å². The van der Waals surface area contributed by atoms with E-state index in [0.717, 1.165) is 38.3 Å². The van der Waals surface area contributed by atoms with Crippen molar-refractivity contribution in [3.63, 3.8) is 0 Å². The van der Waals surface area contributed by atoms with Crippen molar-refractivity contribution in [2.45, 2.75) is 59.5 Å². The van der Waals surface area contributed by atoms with Crippen LogP contribution in [0.1, 0.15) is 53.0 Å². The molecular formula is C21H35NO3. The highest BCUT2D eigenvalue weighted by Gasteiger charge is 2.23. The molecule has 4 nitrogen and oxygen atoms in total. The predicted molar refractivity (Wildman–Crippen MR) is 103 cm³/mol. The molecule has 0 heterocycles. The lowest BCUT2D eigenvalue weighted by Crippen LogP contribution is -2.38. The molecule has 1 unspecified atom stereocenters. The zero-order valence-corrected chi connectivity index (χ0v) is 16.8. The number of carbonyl (C=O) groups excluding carboxylic acids is 1. The van der Waals surface area contributed by atoms with Gasteiger partial charge in [0.1, 0.15) is 5.75 Å². The number of hydrogen-bond donors (Lipinski definition) is 0. The lowest BCUT2D eigenvalue weighted by Gasteiger charge is -2.31. The summed E-state index contributed by atoms with van der Waals surface area (Å²) in [6.07, 6.45) is 2.35. The number of benzene rings is 1. The molecular weight excluding hydrogens is 314 g/mol. The number of amides is 1. The fourth-order valence-electron chi connectivity index (χ4n) is 3.33. The van der Waals surface area contributed by atoms with Crippen LogP contribution in [0.2, 0.25) is 0 Å². The smallest absolute Gasteiger partial charge is 0.222 e. The van der Waals surface area contributed by atoms with Gasteiger partial charge in [-0.05, 0) is 57.2 Å². The van der Waals surface area contributed by atoms with Crippen LogP contribution in [0.25, 0.3) is 0 Å². The lowest BCUT2D eigenvalue weighted by molar-refractivity contribution is -0.131. The van der Waals surface area contributed by atoms with Gasteiger partial charge in [0.2, 0.25) is 5.91 Å². The Morgan fingerprint density at radius 2 is 1.84 bits per heavy atom. The van der Waals surface area contributed by atoms with E-state index in [-0.39, 0.29) is 11.5 Å². The average Bonchev–Trinajstić information content (AvgIpc) is 2.57. The van der Waals surface area contributed by atoms with Crippen LogP contribution in [0.5, 0.6) is 5.75 Å². The first-order valence-electron chi connectivity index (χ1n) is 9.36. The minimum absolute atomic E-state index is 0.148. The number of methoxy groups -OCH3 is 1. The van der Waals surface area contributed by atoms with E-state index in [2.05, 4.69) is 32.9 Å². The van der Waals surface area contributed by atoms with Crippen LogP contribution in [-0.4, -0.2) is 43.2 Å². The van der Waals surface area contributed by atoms with Gasteiger partial charge in [-0.25, -0.2) is 0 Å². The average molecular weight is 350 g/mol. The third-order valence-corrected chi connectivity index (χ3v) is 4.39. The summed E-state index contributed by atoms with van der Waals surface area (Å²) in [5.41, 5.74) is 1.07. The van der Waals surface area contributed by atoms with Crippen molar-refractivity contribution in [1.29, 1.82) is 0 Å². The summed E-state index contributed by atoms with van der Waals surface area (Å²) in [4.78, 5) is 14.3. The molecule has 25 heavy (non-hydrogen) atoms. The van der Waals surface area contributed by atoms with Crippen molar-refractivity contribution < 1.29 is 14.3 Å². The Hall–Kier alpha value is -1.55. The molecule has 1 aromatic carbocycles. The van der Waals surface area contributed by atoms with Crippen LogP contribution >= 0.6 is 0 Å². The Morgan fingerprint density at radius 3 is 2.36 bits per heavy atom. The third-order valence-electron chi connectivity index (χ3n) is 4.39. The molecule has 1 atom stereocenters. The highest BCUT2D eigenvalue weighted by Crippen LogP contribution is 2.21. The van der Waals surface area contributed by atoms with Gasteiger partial charge in [0.15, 0.2) is 0 Å². The molecule has 0 bridgehead atoms. The summed E-state index contributed by atoms with van der Waals surface area (Å²) in [5, 5.41) is 0. The van der Waals surface area contributed by atoms with Crippen LogP contribution in [0.3, 0.4) is 0 Å². The normalized spacial score (nSPS) is 12.7. The fraction of sp³-hybridized carbons (Fsp3) is 0.667. The first-order chi connectivity index (χ1) is 11.8. The molecule has 1 amide bonds. The first-order valence-corrected chi connectivity index (χ1v) is 9.36. The highest BCUT2D eigenvalue weighted by atomic mass is 16.5. The molecule has 0 fully saturated rings. The van der Waals surface area contributed by atoms with E-state index < -0.39 is 0 Å². The van der Waals surface area contributed by atoms with Crippen LogP contribution < -0.4 is 4.74 Å². The van der Waals surface area contributed by atoms with Crippen LogP contribution in [0, 0.1) is 5.92 Å². The molecule has 0 aliphatic carbocycles. The number of rotatable bonds is 11. The monoisotopic (exact) mass is 349 g/mol. The van der Waals surface area contributed by atoms with Crippen molar-refractivity contribution in [1.82, 2.24) is 4.90 Å². The standard InChI is InChI=1S/C21H35NO3/c1-7-20(23)22(16-17(3)15-21(4,5)25-8-2)14-13-18-9-11-19(24-6)12-10-18/h9-12,17H,7-8,13-16H2,1-6H3. The third kappa shape index (κ3) is 7.91. The Labute approximate surface area is 153 Å². The molecule has 0 radical (unpaired) electrons. The van der Waals surface area contributed by atoms with Gasteiger partial charge < -0.3 is 14.4 Å². The van der Waals surface area contributed by atoms with Gasteiger partial charge in [-0.3, -0.25) is 4.79 Å². The molecule has 1 aromatic rings. The zero-order valence-electron chi connectivity index (χ0n) is 16.8. The maximum Gasteiger partial charge on any atom is 0.222 e. The van der Waals surface area contributed by atoms with E-state index in [9.17, 15) is 4.79 Å². The van der Waals surface area contributed by atoms with E-state index in [1.807, 2.05) is 30.9 Å². The van der Waals surface area contributed by atoms with Gasteiger partial charge in [0, 0.05) is 26.1 Å². The van der Waals surface area contributed by atoms with E-state index in [1.165, 1.54) is 5.56 Å². The number of ether oxygens (including phenoxy) is 2. The van der Waals surface area contributed by atoms with E-state index >= 15 is 0 Å². The van der Waals surface area contributed by atoms with E-state index in [1.54, 1.807) is 7.11 Å². The SMILES string of the molecule is CCOC(C)(C)CC(C)CN(CCc1ccc(OC)cc1)C(=O)CC. The van der Waals surface area contributed by atoms with Gasteiger partial charge in [0.25, 0.3) is 0 Å². The van der Waals surface area contributed by atoms with Crippen molar-refractivity contribution in [3.05, 3.63) is 29.8 Å². The van der Waals surface area contributed by atoms with Gasteiger partial charge in [-0.1, -0.05) is 26.0 Å². The minimum Gasteiger partial charge on any atom is -0.497 e. The second-order valence-electron chi connectivity index (χ2n) is 7.29. The van der Waals surface area contributed by atoms with Crippen molar-refractivity contribution >= 4 is 5.91 Å². The van der Waals surface area contributed by atoms with E-state index in [4.69, 9.17) is 9.47 Å². The Kier molecular flexibility index (Phi) is 8.98. The number of hydrogen-bond acceptors (Lipinski definition) is 3. The summed E-state index contributed by atoms with van der Waals surface area (Å²) in [6.45, 7) is 12.6. The van der Waals surface area contributed by atoms with Crippen molar-refractivity contribution in [2.75, 3.05) is 26.8 Å². The predicted octanol–water partition coefficient (Wildman–Crippen LogP) is 4.32. The van der Waals surface area contributed by atoms with Gasteiger partial charge in [-0.15, -0.1) is 0 Å². The molecule has 142 valence electrons. The second-order valence-corrected chi connectivity index (χ2v) is 7.29. The van der Waals surface area contributed by atoms with Gasteiger partial charge in [-0.2, -0.15) is 0 Å². The van der Waals surface area contributed by atoms with Crippen LogP contribution in [0.15, 0.2) is 24.3 Å². The largest absolute Gasteiger partial charge is 0.497 e. The van der Waals surface area contributed by atoms with Crippen molar-refractivity contribution in [2.24, 2.45) is 5.92 Å². The molecule has 0 saturated carbocycles. The number of nitrogens with zero attached hydrogens (tertiary/aromatic N) is 1. The number of carbonyl (C=O) groups is 1. The molecule has 0 aromatic heterocycles. The molecule has 0 spiro atoms. The molecule has 4 heteroatoms. The lowest BCUT2D eigenvalue weighted by atomic mass is 9.94. The quantitative estimate of drug-likeness (QED) is 0.597. The van der Waals surface area contributed by atoms with E-state index in [0.29, 0.717) is 12.3 Å². The second kappa shape index (κ2) is 10.4. The Morgan fingerprint density at radius 1 is 1.20 bits per heavy atom. The van der Waals surface area contributed by atoms with Crippen LogP contribution in [0.4, 0.5) is 0 Å². The maximum absolute atomic E-state index is 12.3. The summed E-state index contributed by atoms with van der Waals surface area (Å²) >= 11 is 0. The molecule has 1 rings (SSSR count). The molecule has 0 aliphatic heterocycles. The van der Waals surface area contributed by atoms with Crippen molar-refractivity contribution in [3.8, 4) is 5.75 Å². The summed E-state index contributed by atoms with van der Waals surface area (Å²) in [6, 6.07) is 8.06. The molecule has 0 saturated heterocycles. The minimum atomic E-state index is -0.148. The van der Waals surface area contributed by atoms with Crippen LogP contribution in [-0.2, 0) is 16.0 Å². The van der Waals surface area contributed by atoms with Gasteiger partial charge >= 0.3 is 0 Å².